The normalized spacial score (nSPS) is 11.4. The van der Waals surface area contributed by atoms with E-state index in [-0.39, 0.29) is 6.42 Å². The van der Waals surface area contributed by atoms with Gasteiger partial charge in [0, 0.05) is 5.56 Å². The predicted octanol–water partition coefficient (Wildman–Crippen LogP) is 3.35. The lowest BCUT2D eigenvalue weighted by molar-refractivity contribution is -0.138. The van der Waals surface area contributed by atoms with E-state index in [9.17, 15) is 4.79 Å². The van der Waals surface area contributed by atoms with Crippen LogP contribution in [0.15, 0.2) is 42.5 Å². The van der Waals surface area contributed by atoms with E-state index in [0.717, 1.165) is 11.1 Å². The number of hydrogen-bond donors (Lipinski definition) is 2. The summed E-state index contributed by atoms with van der Waals surface area (Å²) in [6.07, 6.45) is 0.277. The van der Waals surface area contributed by atoms with E-state index in [1.54, 1.807) is 30.3 Å². The molecule has 2 aromatic rings. The molecule has 3 N–H and O–H groups in total. The summed E-state index contributed by atoms with van der Waals surface area (Å²) in [5, 5.41) is 9.80. The Hall–Kier alpha value is -1.99. The third kappa shape index (κ3) is 4.25. The van der Waals surface area contributed by atoms with Crippen LogP contribution in [0.25, 0.3) is 0 Å². The van der Waals surface area contributed by atoms with Gasteiger partial charge in [0.1, 0.15) is 6.04 Å². The van der Waals surface area contributed by atoms with Gasteiger partial charge in [-0.15, -0.1) is 0 Å². The maximum absolute atomic E-state index is 10.7. The minimum absolute atomic E-state index is 0.277. The third-order valence-electron chi connectivity index (χ3n) is 3.02. The predicted molar refractivity (Wildman–Crippen MR) is 88.2 cm³/mol. The molecule has 0 bridgehead atoms. The monoisotopic (exact) mass is 333 g/mol. The number of halogens is 2. The number of hydrogen-bond acceptors (Lipinski definition) is 2. The molecule has 0 radical (unpaired) electrons. The molecule has 0 aliphatic rings. The first-order valence-corrected chi connectivity index (χ1v) is 7.26. The van der Waals surface area contributed by atoms with E-state index in [2.05, 4.69) is 11.8 Å². The molecule has 0 aromatic heterocycles. The van der Waals surface area contributed by atoms with Crippen molar-refractivity contribution in [3.05, 3.63) is 69.2 Å². The number of aliphatic carboxylic acids is 1. The van der Waals surface area contributed by atoms with Crippen molar-refractivity contribution in [2.45, 2.75) is 12.5 Å². The fourth-order valence-electron chi connectivity index (χ4n) is 1.82. The van der Waals surface area contributed by atoms with Crippen molar-refractivity contribution in [2.24, 2.45) is 5.73 Å². The SMILES string of the molecule is NC(Cc1ccc(C#Cc2c(Cl)cccc2Cl)cc1)C(=O)O. The van der Waals surface area contributed by atoms with E-state index in [0.29, 0.717) is 15.6 Å². The molecule has 1 unspecified atom stereocenters. The van der Waals surface area contributed by atoms with E-state index >= 15 is 0 Å². The Balaban J connectivity index is 2.16. The van der Waals surface area contributed by atoms with Crippen LogP contribution in [0.1, 0.15) is 16.7 Å². The quantitative estimate of drug-likeness (QED) is 0.846. The van der Waals surface area contributed by atoms with E-state index in [4.69, 9.17) is 34.0 Å². The van der Waals surface area contributed by atoms with Crippen LogP contribution in [0, 0.1) is 11.8 Å². The Morgan fingerprint density at radius 1 is 1.09 bits per heavy atom. The largest absolute Gasteiger partial charge is 0.480 e. The molecule has 2 aromatic carbocycles. The Morgan fingerprint density at radius 3 is 2.23 bits per heavy atom. The zero-order valence-electron chi connectivity index (χ0n) is 11.5. The fourth-order valence-corrected chi connectivity index (χ4v) is 2.31. The first-order chi connectivity index (χ1) is 10.5. The van der Waals surface area contributed by atoms with Crippen LogP contribution < -0.4 is 5.73 Å². The van der Waals surface area contributed by atoms with Crippen molar-refractivity contribution in [1.29, 1.82) is 0 Å². The Kier molecular flexibility index (Phi) is 5.46. The molecule has 22 heavy (non-hydrogen) atoms. The minimum Gasteiger partial charge on any atom is -0.480 e. The van der Waals surface area contributed by atoms with Crippen LogP contribution in [0.4, 0.5) is 0 Å². The minimum atomic E-state index is -1.02. The molecule has 3 nitrogen and oxygen atoms in total. The number of carboxylic acids is 1. The van der Waals surface area contributed by atoms with E-state index < -0.39 is 12.0 Å². The number of benzene rings is 2. The van der Waals surface area contributed by atoms with Crippen LogP contribution in [0.5, 0.6) is 0 Å². The van der Waals surface area contributed by atoms with E-state index in [1.165, 1.54) is 0 Å². The average molecular weight is 334 g/mol. The molecule has 0 heterocycles. The zero-order valence-corrected chi connectivity index (χ0v) is 13.0. The van der Waals surface area contributed by atoms with Gasteiger partial charge in [0.05, 0.1) is 15.6 Å². The van der Waals surface area contributed by atoms with Gasteiger partial charge in [-0.2, -0.15) is 0 Å². The van der Waals surface area contributed by atoms with Gasteiger partial charge < -0.3 is 10.8 Å². The maximum atomic E-state index is 10.7. The highest BCUT2D eigenvalue weighted by Gasteiger charge is 2.11. The standard InChI is InChI=1S/C17H13Cl2NO2/c18-14-2-1-3-15(19)13(14)9-8-11-4-6-12(7-5-11)10-16(20)17(21)22/h1-7,16H,10,20H2,(H,21,22). The molecule has 0 aliphatic heterocycles. The van der Waals surface area contributed by atoms with Crippen LogP contribution in [-0.2, 0) is 11.2 Å². The molecule has 0 saturated heterocycles. The molecular formula is C17H13Cl2NO2. The van der Waals surface area contributed by atoms with Crippen molar-refractivity contribution in [3.8, 4) is 11.8 Å². The van der Waals surface area contributed by atoms with Gasteiger partial charge in [-0.3, -0.25) is 4.79 Å². The number of nitrogens with two attached hydrogens (primary N) is 1. The lowest BCUT2D eigenvalue weighted by atomic mass is 10.0. The van der Waals surface area contributed by atoms with Crippen molar-refractivity contribution < 1.29 is 9.90 Å². The highest BCUT2D eigenvalue weighted by molar-refractivity contribution is 6.36. The Labute approximate surface area is 138 Å². The molecule has 0 spiro atoms. The first-order valence-electron chi connectivity index (χ1n) is 6.50. The molecule has 0 fully saturated rings. The van der Waals surface area contributed by atoms with Crippen LogP contribution in [-0.4, -0.2) is 17.1 Å². The summed E-state index contributed by atoms with van der Waals surface area (Å²) in [6.45, 7) is 0. The van der Waals surface area contributed by atoms with E-state index in [1.807, 2.05) is 12.1 Å². The molecular weight excluding hydrogens is 321 g/mol. The zero-order chi connectivity index (χ0) is 16.1. The lowest BCUT2D eigenvalue weighted by Crippen LogP contribution is -2.32. The molecule has 0 aliphatic carbocycles. The van der Waals surface area contributed by atoms with Crippen molar-refractivity contribution in [2.75, 3.05) is 0 Å². The van der Waals surface area contributed by atoms with Crippen LogP contribution in [0.2, 0.25) is 10.0 Å². The Morgan fingerprint density at radius 2 is 1.68 bits per heavy atom. The topological polar surface area (TPSA) is 63.3 Å². The van der Waals surface area contributed by atoms with Crippen molar-refractivity contribution in [1.82, 2.24) is 0 Å². The van der Waals surface area contributed by atoms with Crippen molar-refractivity contribution >= 4 is 29.2 Å². The van der Waals surface area contributed by atoms with Gasteiger partial charge in [0.2, 0.25) is 0 Å². The summed E-state index contributed by atoms with van der Waals surface area (Å²) in [7, 11) is 0. The highest BCUT2D eigenvalue weighted by atomic mass is 35.5. The van der Waals surface area contributed by atoms with Gasteiger partial charge in [0.15, 0.2) is 0 Å². The van der Waals surface area contributed by atoms with Gasteiger partial charge in [-0.05, 0) is 36.2 Å². The molecule has 1 atom stereocenters. The second-order valence-corrected chi connectivity index (χ2v) is 5.51. The third-order valence-corrected chi connectivity index (χ3v) is 3.65. The summed E-state index contributed by atoms with van der Waals surface area (Å²) in [4.78, 5) is 10.7. The number of carbonyl (C=O) groups is 1. The Bertz CT molecular complexity index is 725. The summed E-state index contributed by atoms with van der Waals surface area (Å²) in [6, 6.07) is 11.5. The smallest absolute Gasteiger partial charge is 0.320 e. The number of carboxylic acid groups (broad SMARTS) is 1. The van der Waals surface area contributed by atoms with Crippen LogP contribution >= 0.6 is 23.2 Å². The molecule has 5 heteroatoms. The first kappa shape index (κ1) is 16.4. The fraction of sp³-hybridized carbons (Fsp3) is 0.118. The molecule has 0 saturated carbocycles. The summed E-state index contributed by atoms with van der Waals surface area (Å²) < 4.78 is 0. The molecule has 112 valence electrons. The summed E-state index contributed by atoms with van der Waals surface area (Å²) >= 11 is 12.1. The van der Waals surface area contributed by atoms with Gasteiger partial charge in [-0.25, -0.2) is 0 Å². The molecule has 2 rings (SSSR count). The lowest BCUT2D eigenvalue weighted by Gasteiger charge is -2.05. The maximum Gasteiger partial charge on any atom is 0.320 e. The second-order valence-electron chi connectivity index (χ2n) is 4.69. The van der Waals surface area contributed by atoms with Crippen molar-refractivity contribution in [3.63, 3.8) is 0 Å². The second kappa shape index (κ2) is 7.33. The highest BCUT2D eigenvalue weighted by Crippen LogP contribution is 2.23. The van der Waals surface area contributed by atoms with Gasteiger partial charge >= 0.3 is 5.97 Å². The summed E-state index contributed by atoms with van der Waals surface area (Å²) in [5.41, 5.74) is 7.71. The van der Waals surface area contributed by atoms with Gasteiger partial charge in [0.25, 0.3) is 0 Å². The van der Waals surface area contributed by atoms with Crippen LogP contribution in [0.3, 0.4) is 0 Å². The average Bonchev–Trinajstić information content (AvgIpc) is 2.48. The van der Waals surface area contributed by atoms with Gasteiger partial charge in [-0.1, -0.05) is 53.2 Å². The molecule has 0 amide bonds. The number of rotatable bonds is 3. The summed E-state index contributed by atoms with van der Waals surface area (Å²) in [5.74, 6) is 4.91.